The van der Waals surface area contributed by atoms with Crippen LogP contribution in [0.4, 0.5) is 0 Å². The standard InChI is InChI=1S/C27H20N2O6/c1-17-13-25(30)34-23-14-21(11-12-22(17)23)32-15-18-7-9-20(10-8-18)27(31)33-16-24-28-29-26(35-24)19-5-3-2-4-6-19/h2-14H,15-16H2,1H3. The van der Waals surface area contributed by atoms with Gasteiger partial charge in [0.05, 0.1) is 5.56 Å². The van der Waals surface area contributed by atoms with Gasteiger partial charge in [-0.2, -0.15) is 0 Å². The largest absolute Gasteiger partial charge is 0.489 e. The SMILES string of the molecule is Cc1cc(=O)oc2cc(OCc3ccc(C(=O)OCc4nnc(-c5ccccc5)o4)cc3)ccc12. The maximum atomic E-state index is 12.4. The van der Waals surface area contributed by atoms with Crippen molar-refractivity contribution >= 4 is 16.9 Å². The van der Waals surface area contributed by atoms with E-state index < -0.39 is 11.6 Å². The number of hydrogen-bond acceptors (Lipinski definition) is 8. The maximum Gasteiger partial charge on any atom is 0.338 e. The zero-order chi connectivity index (χ0) is 24.2. The molecule has 8 heteroatoms. The summed E-state index contributed by atoms with van der Waals surface area (Å²) >= 11 is 0. The van der Waals surface area contributed by atoms with E-state index in [4.69, 9.17) is 18.3 Å². The Morgan fingerprint density at radius 1 is 0.886 bits per heavy atom. The van der Waals surface area contributed by atoms with E-state index in [0.29, 0.717) is 22.8 Å². The summed E-state index contributed by atoms with van der Waals surface area (Å²) in [6, 6.07) is 23.0. The molecule has 35 heavy (non-hydrogen) atoms. The quantitative estimate of drug-likeness (QED) is 0.240. The molecular formula is C27H20N2O6. The number of fused-ring (bicyclic) bond motifs is 1. The molecule has 2 heterocycles. The van der Waals surface area contributed by atoms with Gasteiger partial charge in [0.1, 0.15) is 17.9 Å². The number of aromatic nitrogens is 2. The molecule has 5 aromatic rings. The van der Waals surface area contributed by atoms with Gasteiger partial charge in [0, 0.05) is 23.1 Å². The van der Waals surface area contributed by atoms with Crippen LogP contribution in [0.25, 0.3) is 22.4 Å². The summed E-state index contributed by atoms with van der Waals surface area (Å²) in [5.41, 5.74) is 2.96. The Labute approximate surface area is 199 Å². The van der Waals surface area contributed by atoms with Gasteiger partial charge in [0.15, 0.2) is 6.61 Å². The Morgan fingerprint density at radius 3 is 2.49 bits per heavy atom. The Balaban J connectivity index is 1.17. The average molecular weight is 468 g/mol. The lowest BCUT2D eigenvalue weighted by atomic mass is 10.1. The van der Waals surface area contributed by atoms with Gasteiger partial charge in [-0.05, 0) is 54.4 Å². The Morgan fingerprint density at radius 2 is 1.69 bits per heavy atom. The minimum atomic E-state index is -0.503. The van der Waals surface area contributed by atoms with E-state index in [1.807, 2.05) is 49.4 Å². The molecule has 5 rings (SSSR count). The fourth-order valence-corrected chi connectivity index (χ4v) is 3.52. The third kappa shape index (κ3) is 5.11. The number of hydrogen-bond donors (Lipinski definition) is 0. The number of nitrogens with zero attached hydrogens (tertiary/aromatic N) is 2. The first-order valence-electron chi connectivity index (χ1n) is 10.9. The predicted octanol–water partition coefficient (Wildman–Crippen LogP) is 5.09. The van der Waals surface area contributed by atoms with Crippen LogP contribution in [0, 0.1) is 6.92 Å². The van der Waals surface area contributed by atoms with E-state index in [1.54, 1.807) is 30.3 Å². The van der Waals surface area contributed by atoms with E-state index in [0.717, 1.165) is 22.1 Å². The fourth-order valence-electron chi connectivity index (χ4n) is 3.52. The molecule has 0 saturated carbocycles. The van der Waals surface area contributed by atoms with Crippen molar-refractivity contribution < 1.29 is 23.1 Å². The molecule has 0 atom stereocenters. The average Bonchev–Trinajstić information content (AvgIpc) is 3.36. The Bertz CT molecular complexity index is 1540. The zero-order valence-electron chi connectivity index (χ0n) is 18.8. The fraction of sp³-hybridized carbons (Fsp3) is 0.111. The molecule has 0 fully saturated rings. The Kier molecular flexibility index (Phi) is 6.09. The molecule has 0 spiro atoms. The number of carbonyl (C=O) groups is 1. The highest BCUT2D eigenvalue weighted by atomic mass is 16.5. The molecule has 0 aliphatic heterocycles. The summed E-state index contributed by atoms with van der Waals surface area (Å²) in [5, 5.41) is 8.75. The first-order chi connectivity index (χ1) is 17.0. The van der Waals surface area contributed by atoms with Crippen LogP contribution in [0.3, 0.4) is 0 Å². The zero-order valence-corrected chi connectivity index (χ0v) is 18.8. The lowest BCUT2D eigenvalue weighted by Crippen LogP contribution is -2.06. The van der Waals surface area contributed by atoms with E-state index in [-0.39, 0.29) is 19.1 Å². The maximum absolute atomic E-state index is 12.4. The topological polar surface area (TPSA) is 105 Å². The van der Waals surface area contributed by atoms with Gasteiger partial charge >= 0.3 is 11.6 Å². The van der Waals surface area contributed by atoms with Crippen molar-refractivity contribution in [2.75, 3.05) is 0 Å². The van der Waals surface area contributed by atoms with Crippen LogP contribution in [0.15, 0.2) is 92.5 Å². The molecule has 0 bridgehead atoms. The van der Waals surface area contributed by atoms with E-state index in [1.165, 1.54) is 6.07 Å². The number of ether oxygens (including phenoxy) is 2. The molecule has 2 aromatic heterocycles. The molecule has 174 valence electrons. The number of benzene rings is 3. The second-order valence-corrected chi connectivity index (χ2v) is 7.84. The van der Waals surface area contributed by atoms with Gasteiger partial charge in [0.2, 0.25) is 5.89 Å². The highest BCUT2D eigenvalue weighted by molar-refractivity contribution is 5.89. The summed E-state index contributed by atoms with van der Waals surface area (Å²) < 4.78 is 21.9. The highest BCUT2D eigenvalue weighted by Crippen LogP contribution is 2.23. The normalized spacial score (nSPS) is 10.9. The molecule has 3 aromatic carbocycles. The summed E-state index contributed by atoms with van der Waals surface area (Å²) in [6.07, 6.45) is 0. The smallest absolute Gasteiger partial charge is 0.338 e. The summed E-state index contributed by atoms with van der Waals surface area (Å²) in [7, 11) is 0. The van der Waals surface area contributed by atoms with Crippen LogP contribution in [0.1, 0.15) is 27.4 Å². The number of rotatable bonds is 7. The number of carbonyl (C=O) groups excluding carboxylic acids is 1. The lowest BCUT2D eigenvalue weighted by Gasteiger charge is -2.08. The first-order valence-corrected chi connectivity index (χ1v) is 10.9. The van der Waals surface area contributed by atoms with Crippen molar-refractivity contribution in [2.24, 2.45) is 0 Å². The molecule has 0 radical (unpaired) electrons. The third-order valence-corrected chi connectivity index (χ3v) is 5.33. The van der Waals surface area contributed by atoms with Crippen LogP contribution in [-0.4, -0.2) is 16.2 Å². The minimum Gasteiger partial charge on any atom is -0.489 e. The minimum absolute atomic E-state index is 0.124. The second-order valence-electron chi connectivity index (χ2n) is 7.84. The highest BCUT2D eigenvalue weighted by Gasteiger charge is 2.12. The van der Waals surface area contributed by atoms with Crippen molar-refractivity contribution in [1.82, 2.24) is 10.2 Å². The molecule has 0 unspecified atom stereocenters. The molecule has 8 nitrogen and oxygen atoms in total. The van der Waals surface area contributed by atoms with Crippen molar-refractivity contribution in [3.05, 3.63) is 112 Å². The van der Waals surface area contributed by atoms with Gasteiger partial charge in [-0.15, -0.1) is 10.2 Å². The number of esters is 1. The predicted molar refractivity (Wildman–Crippen MR) is 127 cm³/mol. The van der Waals surface area contributed by atoms with Crippen molar-refractivity contribution in [3.63, 3.8) is 0 Å². The van der Waals surface area contributed by atoms with Gasteiger partial charge in [-0.25, -0.2) is 9.59 Å². The summed E-state index contributed by atoms with van der Waals surface area (Å²) in [6.45, 7) is 2.01. The monoisotopic (exact) mass is 468 g/mol. The van der Waals surface area contributed by atoms with Crippen LogP contribution < -0.4 is 10.4 Å². The molecule has 0 amide bonds. The van der Waals surface area contributed by atoms with E-state index in [9.17, 15) is 9.59 Å². The van der Waals surface area contributed by atoms with Crippen molar-refractivity contribution in [2.45, 2.75) is 20.1 Å². The van der Waals surface area contributed by atoms with Crippen LogP contribution >= 0.6 is 0 Å². The molecule has 0 aliphatic carbocycles. The van der Waals surface area contributed by atoms with E-state index >= 15 is 0 Å². The summed E-state index contributed by atoms with van der Waals surface area (Å²) in [5.74, 6) is 0.648. The summed E-state index contributed by atoms with van der Waals surface area (Å²) in [4.78, 5) is 24.0. The van der Waals surface area contributed by atoms with Gasteiger partial charge < -0.3 is 18.3 Å². The molecule has 0 aliphatic rings. The van der Waals surface area contributed by atoms with E-state index in [2.05, 4.69) is 10.2 Å². The molecule has 0 N–H and O–H groups in total. The molecular weight excluding hydrogens is 448 g/mol. The van der Waals surface area contributed by atoms with Crippen molar-refractivity contribution in [3.8, 4) is 17.2 Å². The van der Waals surface area contributed by atoms with Crippen LogP contribution in [-0.2, 0) is 18.0 Å². The second kappa shape index (κ2) is 9.64. The van der Waals surface area contributed by atoms with Gasteiger partial charge in [0.25, 0.3) is 5.89 Å². The van der Waals surface area contributed by atoms with Gasteiger partial charge in [-0.3, -0.25) is 0 Å². The number of aryl methyl sites for hydroxylation is 1. The van der Waals surface area contributed by atoms with Crippen LogP contribution in [0.2, 0.25) is 0 Å². The molecule has 0 saturated heterocycles. The first kappa shape index (κ1) is 22.1. The Hall–Kier alpha value is -4.72. The van der Waals surface area contributed by atoms with Crippen molar-refractivity contribution in [1.29, 1.82) is 0 Å². The van der Waals surface area contributed by atoms with Crippen LogP contribution in [0.5, 0.6) is 5.75 Å². The lowest BCUT2D eigenvalue weighted by molar-refractivity contribution is 0.0438. The third-order valence-electron chi connectivity index (χ3n) is 5.33. The van der Waals surface area contributed by atoms with Gasteiger partial charge in [-0.1, -0.05) is 30.3 Å².